The number of hydrogen-bond acceptors (Lipinski definition) is 4. The van der Waals surface area contributed by atoms with Crippen molar-refractivity contribution in [1.29, 1.82) is 0 Å². The molecule has 1 aromatic heterocycles. The summed E-state index contributed by atoms with van der Waals surface area (Å²) in [7, 11) is 0. The number of phenols is 1. The van der Waals surface area contributed by atoms with E-state index < -0.39 is 5.82 Å². The Morgan fingerprint density at radius 2 is 2.16 bits per heavy atom. The SMILES string of the molecule is CCc1ncnc(NCc2ccc(O)c(Br)c2)c1F. The molecular formula is C13H13BrFN3O. The lowest BCUT2D eigenvalue weighted by molar-refractivity contribution is 0.471. The fourth-order valence-corrected chi connectivity index (χ4v) is 2.05. The van der Waals surface area contributed by atoms with Gasteiger partial charge in [0.1, 0.15) is 12.1 Å². The largest absolute Gasteiger partial charge is 0.507 e. The number of nitrogens with one attached hydrogen (secondary N) is 1. The van der Waals surface area contributed by atoms with E-state index in [-0.39, 0.29) is 11.6 Å². The van der Waals surface area contributed by atoms with Crippen LogP contribution < -0.4 is 5.32 Å². The summed E-state index contributed by atoms with van der Waals surface area (Å²) in [4.78, 5) is 7.76. The molecule has 6 heteroatoms. The molecule has 2 N–H and O–H groups in total. The van der Waals surface area contributed by atoms with Crippen LogP contribution in [0.3, 0.4) is 0 Å². The first-order valence-electron chi connectivity index (χ1n) is 5.82. The van der Waals surface area contributed by atoms with Gasteiger partial charge < -0.3 is 10.4 Å². The summed E-state index contributed by atoms with van der Waals surface area (Å²) in [6.45, 7) is 2.25. The Labute approximate surface area is 118 Å². The lowest BCUT2D eigenvalue weighted by Crippen LogP contribution is -2.06. The number of aromatic hydroxyl groups is 1. The minimum Gasteiger partial charge on any atom is -0.507 e. The molecule has 0 saturated heterocycles. The first-order valence-corrected chi connectivity index (χ1v) is 6.61. The molecule has 0 amide bonds. The predicted octanol–water partition coefficient (Wildman–Crippen LogP) is 3.26. The molecule has 0 aliphatic heterocycles. The number of halogens is 2. The Bertz CT molecular complexity index is 592. The van der Waals surface area contributed by atoms with Crippen LogP contribution in [0.2, 0.25) is 0 Å². The van der Waals surface area contributed by atoms with Crippen LogP contribution in [0, 0.1) is 5.82 Å². The molecule has 4 nitrogen and oxygen atoms in total. The van der Waals surface area contributed by atoms with Crippen LogP contribution in [0.15, 0.2) is 29.0 Å². The van der Waals surface area contributed by atoms with Crippen molar-refractivity contribution in [2.24, 2.45) is 0 Å². The maximum atomic E-state index is 13.9. The Hall–Kier alpha value is -1.69. The van der Waals surface area contributed by atoms with Crippen molar-refractivity contribution in [3.63, 3.8) is 0 Å². The Balaban J connectivity index is 2.12. The average Bonchev–Trinajstić information content (AvgIpc) is 2.41. The third kappa shape index (κ3) is 3.20. The molecule has 2 rings (SSSR count). The maximum absolute atomic E-state index is 13.9. The minimum absolute atomic E-state index is 0.172. The van der Waals surface area contributed by atoms with Gasteiger partial charge in [-0.3, -0.25) is 0 Å². The van der Waals surface area contributed by atoms with E-state index in [0.717, 1.165) is 5.56 Å². The van der Waals surface area contributed by atoms with E-state index in [1.165, 1.54) is 6.33 Å². The highest BCUT2D eigenvalue weighted by Gasteiger charge is 2.09. The zero-order chi connectivity index (χ0) is 13.8. The molecule has 0 spiro atoms. The molecule has 0 bridgehead atoms. The van der Waals surface area contributed by atoms with Gasteiger partial charge in [-0.25, -0.2) is 14.4 Å². The summed E-state index contributed by atoms with van der Waals surface area (Å²) in [5, 5.41) is 12.3. The molecule has 0 saturated carbocycles. The summed E-state index contributed by atoms with van der Waals surface area (Å²) in [5.41, 5.74) is 1.30. The van der Waals surface area contributed by atoms with E-state index in [0.29, 0.717) is 23.1 Å². The standard InChI is InChI=1S/C13H13BrFN3O/c1-2-10-12(15)13(18-7-17-10)16-6-8-3-4-11(19)9(14)5-8/h3-5,7,19H,2,6H2,1H3,(H,16,17,18). The molecule has 1 aromatic carbocycles. The highest BCUT2D eigenvalue weighted by atomic mass is 79.9. The Morgan fingerprint density at radius 1 is 1.37 bits per heavy atom. The Morgan fingerprint density at radius 3 is 2.84 bits per heavy atom. The van der Waals surface area contributed by atoms with Gasteiger partial charge in [0.25, 0.3) is 0 Å². The monoisotopic (exact) mass is 325 g/mol. The van der Waals surface area contributed by atoms with Crippen LogP contribution in [0.1, 0.15) is 18.2 Å². The second-order valence-corrected chi connectivity index (χ2v) is 4.83. The van der Waals surface area contributed by atoms with Crippen molar-refractivity contribution in [2.75, 3.05) is 5.32 Å². The fraction of sp³-hybridized carbons (Fsp3) is 0.231. The predicted molar refractivity (Wildman–Crippen MR) is 74.5 cm³/mol. The van der Waals surface area contributed by atoms with Crippen LogP contribution in [-0.2, 0) is 13.0 Å². The normalized spacial score (nSPS) is 10.5. The zero-order valence-corrected chi connectivity index (χ0v) is 11.9. The van der Waals surface area contributed by atoms with Gasteiger partial charge in [0.05, 0.1) is 10.2 Å². The molecule has 0 aliphatic rings. The van der Waals surface area contributed by atoms with E-state index in [4.69, 9.17) is 0 Å². The van der Waals surface area contributed by atoms with Gasteiger partial charge in [-0.15, -0.1) is 0 Å². The number of aromatic nitrogens is 2. The molecule has 100 valence electrons. The second-order valence-electron chi connectivity index (χ2n) is 3.98. The van der Waals surface area contributed by atoms with Crippen molar-refractivity contribution in [1.82, 2.24) is 9.97 Å². The quantitative estimate of drug-likeness (QED) is 0.905. The van der Waals surface area contributed by atoms with E-state index in [1.54, 1.807) is 18.2 Å². The number of benzene rings is 1. The first-order chi connectivity index (χ1) is 9.11. The Kier molecular flexibility index (Phi) is 4.31. The molecule has 0 unspecified atom stereocenters. The lowest BCUT2D eigenvalue weighted by Gasteiger charge is -2.09. The van der Waals surface area contributed by atoms with E-state index in [1.807, 2.05) is 6.92 Å². The maximum Gasteiger partial charge on any atom is 0.186 e. The highest BCUT2D eigenvalue weighted by molar-refractivity contribution is 9.10. The summed E-state index contributed by atoms with van der Waals surface area (Å²) >= 11 is 3.23. The first kappa shape index (κ1) is 13.7. The summed E-state index contributed by atoms with van der Waals surface area (Å²) < 4.78 is 14.5. The van der Waals surface area contributed by atoms with Crippen LogP contribution in [-0.4, -0.2) is 15.1 Å². The lowest BCUT2D eigenvalue weighted by atomic mass is 10.2. The molecule has 0 atom stereocenters. The van der Waals surface area contributed by atoms with Gasteiger partial charge in [-0.05, 0) is 40.0 Å². The second kappa shape index (κ2) is 5.97. The molecular weight excluding hydrogens is 313 g/mol. The van der Waals surface area contributed by atoms with Crippen molar-refractivity contribution in [3.8, 4) is 5.75 Å². The fourth-order valence-electron chi connectivity index (χ4n) is 1.62. The van der Waals surface area contributed by atoms with Gasteiger partial charge in [0, 0.05) is 6.54 Å². The van der Waals surface area contributed by atoms with Gasteiger partial charge in [-0.1, -0.05) is 13.0 Å². The molecule has 0 fully saturated rings. The van der Waals surface area contributed by atoms with Crippen LogP contribution in [0.5, 0.6) is 5.75 Å². The molecule has 2 aromatic rings. The van der Waals surface area contributed by atoms with Gasteiger partial charge in [0.2, 0.25) is 0 Å². The van der Waals surface area contributed by atoms with Crippen molar-refractivity contribution in [2.45, 2.75) is 19.9 Å². The van der Waals surface area contributed by atoms with Crippen molar-refractivity contribution >= 4 is 21.7 Å². The summed E-state index contributed by atoms with van der Waals surface area (Å²) in [5.74, 6) is -0.0517. The number of rotatable bonds is 4. The van der Waals surface area contributed by atoms with Crippen LogP contribution in [0.4, 0.5) is 10.2 Å². The van der Waals surface area contributed by atoms with Gasteiger partial charge in [-0.2, -0.15) is 0 Å². The average molecular weight is 326 g/mol. The number of aryl methyl sites for hydroxylation is 1. The van der Waals surface area contributed by atoms with Gasteiger partial charge >= 0.3 is 0 Å². The molecule has 19 heavy (non-hydrogen) atoms. The number of nitrogens with zero attached hydrogens (tertiary/aromatic N) is 2. The van der Waals surface area contributed by atoms with E-state index in [2.05, 4.69) is 31.2 Å². The summed E-state index contributed by atoms with van der Waals surface area (Å²) in [6.07, 6.45) is 1.87. The number of phenolic OH excluding ortho intramolecular Hbond substituents is 1. The van der Waals surface area contributed by atoms with Crippen molar-refractivity contribution in [3.05, 3.63) is 46.1 Å². The van der Waals surface area contributed by atoms with Crippen LogP contribution >= 0.6 is 15.9 Å². The topological polar surface area (TPSA) is 58.0 Å². The third-order valence-corrected chi connectivity index (χ3v) is 3.30. The van der Waals surface area contributed by atoms with Crippen LogP contribution in [0.25, 0.3) is 0 Å². The third-order valence-electron chi connectivity index (χ3n) is 2.67. The molecule has 0 radical (unpaired) electrons. The number of anilines is 1. The van der Waals surface area contributed by atoms with Gasteiger partial charge in [0.15, 0.2) is 11.6 Å². The minimum atomic E-state index is -0.414. The van der Waals surface area contributed by atoms with Crippen molar-refractivity contribution < 1.29 is 9.50 Å². The van der Waals surface area contributed by atoms with E-state index in [9.17, 15) is 9.50 Å². The number of hydrogen-bond donors (Lipinski definition) is 2. The summed E-state index contributed by atoms with van der Waals surface area (Å²) in [6, 6.07) is 5.10. The smallest absolute Gasteiger partial charge is 0.186 e. The molecule has 0 aliphatic carbocycles. The zero-order valence-electron chi connectivity index (χ0n) is 10.3. The highest BCUT2D eigenvalue weighted by Crippen LogP contribution is 2.24. The van der Waals surface area contributed by atoms with E-state index >= 15 is 0 Å². The molecule has 1 heterocycles.